The molecular formula is C24H37NO8. The summed E-state index contributed by atoms with van der Waals surface area (Å²) in [6, 6.07) is 0. The summed E-state index contributed by atoms with van der Waals surface area (Å²) in [7, 11) is 0. The van der Waals surface area contributed by atoms with Crippen molar-refractivity contribution in [1.29, 1.82) is 0 Å². The molecule has 1 saturated heterocycles. The molecule has 1 fully saturated rings. The average molecular weight is 468 g/mol. The number of hydrogen-bond donors (Lipinski definition) is 2. The van der Waals surface area contributed by atoms with Crippen LogP contribution in [-0.4, -0.2) is 45.7 Å². The molecular weight excluding hydrogens is 430 g/mol. The Labute approximate surface area is 194 Å². The number of hydrogen-bond acceptors (Lipinski definition) is 7. The monoisotopic (exact) mass is 467 g/mol. The van der Waals surface area contributed by atoms with E-state index in [0.29, 0.717) is 24.2 Å². The quantitative estimate of drug-likeness (QED) is 0.341. The van der Waals surface area contributed by atoms with Crippen LogP contribution in [0.15, 0.2) is 23.8 Å². The van der Waals surface area contributed by atoms with Gasteiger partial charge in [-0.3, -0.25) is 9.59 Å². The van der Waals surface area contributed by atoms with E-state index in [1.165, 1.54) is 5.57 Å². The molecule has 1 aliphatic heterocycles. The van der Waals surface area contributed by atoms with Gasteiger partial charge < -0.3 is 19.8 Å². The third kappa shape index (κ3) is 7.84. The highest BCUT2D eigenvalue weighted by molar-refractivity contribution is 5.72. The highest BCUT2D eigenvalue weighted by Gasteiger charge is 2.42. The first-order valence-electron chi connectivity index (χ1n) is 11.8. The summed E-state index contributed by atoms with van der Waals surface area (Å²) in [5, 5.41) is 23.5. The largest absolute Gasteiger partial charge is 0.462 e. The number of allylic oxidation sites excluding steroid dienone is 3. The van der Waals surface area contributed by atoms with Crippen LogP contribution in [0.5, 0.6) is 0 Å². The topological polar surface area (TPSA) is 136 Å². The number of fused-ring (bicyclic) bond motifs is 1. The van der Waals surface area contributed by atoms with E-state index in [0.717, 1.165) is 25.7 Å². The molecule has 3 rings (SSSR count). The molecule has 2 N–H and O–H groups in total. The Kier molecular flexibility index (Phi) is 9.88. The molecule has 0 saturated carbocycles. The van der Waals surface area contributed by atoms with Crippen LogP contribution in [0, 0.1) is 39.7 Å². The van der Waals surface area contributed by atoms with Crippen molar-refractivity contribution in [3.05, 3.63) is 33.9 Å². The molecule has 9 heteroatoms. The van der Waals surface area contributed by atoms with Crippen molar-refractivity contribution in [2.45, 2.75) is 84.5 Å². The van der Waals surface area contributed by atoms with Gasteiger partial charge >= 0.3 is 11.9 Å². The van der Waals surface area contributed by atoms with Gasteiger partial charge in [0, 0.05) is 12.3 Å². The van der Waals surface area contributed by atoms with Crippen LogP contribution in [0.1, 0.15) is 66.2 Å². The van der Waals surface area contributed by atoms with Gasteiger partial charge in [0.2, 0.25) is 0 Å². The summed E-state index contributed by atoms with van der Waals surface area (Å²) in [5.74, 6) is 0.755. The van der Waals surface area contributed by atoms with E-state index in [4.69, 9.17) is 24.8 Å². The van der Waals surface area contributed by atoms with Gasteiger partial charge in [0.25, 0.3) is 5.09 Å². The van der Waals surface area contributed by atoms with E-state index >= 15 is 0 Å². The van der Waals surface area contributed by atoms with Gasteiger partial charge in [-0.2, -0.15) is 0 Å². The van der Waals surface area contributed by atoms with Gasteiger partial charge in [-0.05, 0) is 49.0 Å². The molecule has 2 aliphatic carbocycles. The summed E-state index contributed by atoms with van der Waals surface area (Å²) in [4.78, 5) is 32.6. The van der Waals surface area contributed by atoms with Crippen molar-refractivity contribution < 1.29 is 34.5 Å². The first kappa shape index (κ1) is 26.8. The average Bonchev–Trinajstić information content (AvgIpc) is 2.71. The van der Waals surface area contributed by atoms with Crippen LogP contribution >= 0.6 is 0 Å². The second-order valence-electron chi connectivity index (χ2n) is 9.59. The second-order valence-corrected chi connectivity index (χ2v) is 9.59. The second kappa shape index (κ2) is 12.2. The van der Waals surface area contributed by atoms with Crippen molar-refractivity contribution in [3.63, 3.8) is 0 Å². The lowest BCUT2D eigenvalue weighted by Gasteiger charge is -2.43. The first-order valence-corrected chi connectivity index (χ1v) is 11.8. The van der Waals surface area contributed by atoms with Gasteiger partial charge in [-0.25, -0.2) is 0 Å². The Bertz CT molecular complexity index is 760. The molecule has 0 bridgehead atoms. The fourth-order valence-electron chi connectivity index (χ4n) is 5.07. The zero-order valence-corrected chi connectivity index (χ0v) is 19.9. The SMILES string of the molecule is CC[C@H](C)C(=O)O[C@H]1C[C@@H](C)C=C2C=C[C@H](C)[C@H](CC[C@@H]3C[C@@H](O)CC(=O)O3)[C@H]21.O=[N+]([O-])O. The molecule has 0 aromatic carbocycles. The Morgan fingerprint density at radius 1 is 1.33 bits per heavy atom. The third-order valence-electron chi connectivity index (χ3n) is 6.93. The molecule has 0 aromatic heterocycles. The van der Waals surface area contributed by atoms with E-state index in [9.17, 15) is 14.7 Å². The number of rotatable bonds is 6. The van der Waals surface area contributed by atoms with Gasteiger partial charge in [0.05, 0.1) is 18.4 Å². The van der Waals surface area contributed by atoms with Gasteiger partial charge in [-0.15, -0.1) is 10.1 Å². The minimum Gasteiger partial charge on any atom is -0.462 e. The lowest BCUT2D eigenvalue weighted by atomic mass is 9.65. The first-order chi connectivity index (χ1) is 15.5. The number of nitrogens with zero attached hydrogens (tertiary/aromatic N) is 1. The van der Waals surface area contributed by atoms with Crippen LogP contribution < -0.4 is 0 Å². The highest BCUT2D eigenvalue weighted by Crippen LogP contribution is 2.45. The summed E-state index contributed by atoms with van der Waals surface area (Å²) < 4.78 is 11.5. The van der Waals surface area contributed by atoms with Crippen molar-refractivity contribution in [3.8, 4) is 0 Å². The number of ether oxygens (including phenoxy) is 2. The number of aliphatic hydroxyl groups excluding tert-OH is 1. The van der Waals surface area contributed by atoms with E-state index < -0.39 is 11.2 Å². The number of aliphatic hydroxyl groups is 1. The third-order valence-corrected chi connectivity index (χ3v) is 6.93. The molecule has 8 atom stereocenters. The van der Waals surface area contributed by atoms with Crippen molar-refractivity contribution in [2.75, 3.05) is 0 Å². The molecule has 9 nitrogen and oxygen atoms in total. The molecule has 0 aromatic rings. The minimum atomic E-state index is -1.50. The van der Waals surface area contributed by atoms with E-state index in [-0.39, 0.29) is 42.4 Å². The molecule has 186 valence electrons. The van der Waals surface area contributed by atoms with E-state index in [2.05, 4.69) is 32.1 Å². The number of carbonyl (C=O) groups is 2. The summed E-state index contributed by atoms with van der Waals surface area (Å²) in [6.45, 7) is 8.33. The lowest BCUT2D eigenvalue weighted by Crippen LogP contribution is -2.42. The maximum absolute atomic E-state index is 12.5. The fraction of sp³-hybridized carbons (Fsp3) is 0.750. The summed E-state index contributed by atoms with van der Waals surface area (Å²) >= 11 is 0. The van der Waals surface area contributed by atoms with Crippen molar-refractivity contribution >= 4 is 11.9 Å². The van der Waals surface area contributed by atoms with E-state index in [1.807, 2.05) is 13.8 Å². The number of esters is 2. The Balaban J connectivity index is 0.000000890. The van der Waals surface area contributed by atoms with Gasteiger partial charge in [0.1, 0.15) is 12.2 Å². The molecule has 0 spiro atoms. The number of carbonyl (C=O) groups excluding carboxylic acids is 2. The highest BCUT2D eigenvalue weighted by atomic mass is 16.9. The van der Waals surface area contributed by atoms with Crippen LogP contribution in [0.3, 0.4) is 0 Å². The van der Waals surface area contributed by atoms with Crippen LogP contribution in [0.2, 0.25) is 0 Å². The summed E-state index contributed by atoms with van der Waals surface area (Å²) in [5.41, 5.74) is 1.27. The predicted octanol–water partition coefficient (Wildman–Crippen LogP) is 3.85. The predicted molar refractivity (Wildman–Crippen MR) is 120 cm³/mol. The lowest BCUT2D eigenvalue weighted by molar-refractivity contribution is -0.742. The molecule has 0 radical (unpaired) electrons. The molecule has 3 aliphatic rings. The Morgan fingerprint density at radius 2 is 2.00 bits per heavy atom. The smallest absolute Gasteiger partial charge is 0.308 e. The Hall–Kier alpha value is -2.42. The maximum Gasteiger partial charge on any atom is 0.308 e. The van der Waals surface area contributed by atoms with Crippen LogP contribution in [0.25, 0.3) is 0 Å². The molecule has 0 amide bonds. The zero-order valence-electron chi connectivity index (χ0n) is 19.9. The maximum atomic E-state index is 12.5. The van der Waals surface area contributed by atoms with E-state index in [1.54, 1.807) is 0 Å². The van der Waals surface area contributed by atoms with Crippen LogP contribution in [0.4, 0.5) is 0 Å². The number of cyclic esters (lactones) is 1. The zero-order chi connectivity index (χ0) is 24.7. The molecule has 1 heterocycles. The normalized spacial score (nSPS) is 34.0. The van der Waals surface area contributed by atoms with Crippen molar-refractivity contribution in [1.82, 2.24) is 0 Å². The standard InChI is InChI=1S/C24H36O5.HNO3/c1-5-15(3)24(27)29-21-11-14(2)10-17-7-6-16(4)20(23(17)21)9-8-19-12-18(25)13-22(26)28-19;2-1(3)4/h6-7,10,14-16,18-21,23,25H,5,8-9,11-13H2,1-4H3;(H,2,3,4)/t14-,15-,16-,18+,19+,20-,21-,23-;/m0./s1. The van der Waals surface area contributed by atoms with Crippen molar-refractivity contribution in [2.24, 2.45) is 29.6 Å². The summed E-state index contributed by atoms with van der Waals surface area (Å²) in [6.07, 6.45) is 9.70. The molecule has 33 heavy (non-hydrogen) atoms. The molecule has 0 unspecified atom stereocenters. The van der Waals surface area contributed by atoms with Gasteiger partial charge in [-0.1, -0.05) is 45.9 Å². The fourth-order valence-corrected chi connectivity index (χ4v) is 5.07. The van der Waals surface area contributed by atoms with Crippen LogP contribution in [-0.2, 0) is 19.1 Å². The minimum absolute atomic E-state index is 0.0854. The van der Waals surface area contributed by atoms with Gasteiger partial charge in [0.15, 0.2) is 0 Å². The Morgan fingerprint density at radius 3 is 2.61 bits per heavy atom.